The summed E-state index contributed by atoms with van der Waals surface area (Å²) < 4.78 is 42.4. The van der Waals surface area contributed by atoms with Gasteiger partial charge in [-0.15, -0.1) is 0 Å². The zero-order valence-corrected chi connectivity index (χ0v) is 41.9. The van der Waals surface area contributed by atoms with Crippen LogP contribution in [0.1, 0.15) is 106 Å². The predicted molar refractivity (Wildman–Crippen MR) is 243 cm³/mol. The summed E-state index contributed by atoms with van der Waals surface area (Å²) in [5.74, 6) is -2.65. The van der Waals surface area contributed by atoms with E-state index < -0.39 is 175 Å². The maximum atomic E-state index is 15.6. The molecule has 0 aromatic carbocycles. The molecule has 5 unspecified atom stereocenters. The standard InChI is InChI=1S/C50H80O21/c1-22(54)14-32(56)66-28-20-65-41(37(61)35(28)59)70-39-36(60)33(57)26(18-51)68-43(39)69-31-17-49(7)23(8-9-30-46(4)16-25(55)40(63)47(5,21-53)29(46)10-11-48(30,49)6)24-15-45(2,3)12-13-50(24,31)44(64)71-42-38(62)34(58)27(19-52)67-42/h8,22,24-31,33-43,51-55,57-63H,9-21H2,1-7H3/t22?,24-,25-,26+,27+,28?,29+,30+,31+,33+,34+,35?,36-,37?,38-,39+,40-,41?,42-,43-,46-,47-,48+,49+,50+/m0/s1. The lowest BCUT2D eigenvalue weighted by atomic mass is 9.33. The van der Waals surface area contributed by atoms with Crippen LogP contribution in [-0.2, 0) is 42.7 Å². The lowest BCUT2D eigenvalue weighted by Crippen LogP contribution is -2.70. The van der Waals surface area contributed by atoms with Crippen molar-refractivity contribution in [3.05, 3.63) is 11.6 Å². The predicted octanol–water partition coefficient (Wildman–Crippen LogP) is -1.35. The summed E-state index contributed by atoms with van der Waals surface area (Å²) in [6.45, 7) is 11.6. The van der Waals surface area contributed by atoms with Crippen molar-refractivity contribution in [1.29, 1.82) is 0 Å². The maximum Gasteiger partial charge on any atom is 0.317 e. The molecule has 5 aliphatic carbocycles. The maximum absolute atomic E-state index is 15.6. The molecular formula is C50H80O21. The molecule has 8 rings (SSSR count). The van der Waals surface area contributed by atoms with Crippen LogP contribution in [0.25, 0.3) is 0 Å². The number of hydrogen-bond donors (Lipinski definition) is 12. The fraction of sp³-hybridized carbons (Fsp3) is 0.920. The number of aliphatic hydroxyl groups is 12. The van der Waals surface area contributed by atoms with E-state index in [0.717, 1.165) is 5.57 Å². The molecule has 0 amide bonds. The molecule has 0 aromatic heterocycles. The van der Waals surface area contributed by atoms with Gasteiger partial charge in [0.05, 0.1) is 57.3 Å². The highest BCUT2D eigenvalue weighted by Gasteiger charge is 2.73. The molecule has 0 spiro atoms. The topological polar surface area (TPSA) is 342 Å². The molecule has 7 fully saturated rings. The number of ether oxygens (including phenoxy) is 7. The molecule has 25 atom stereocenters. The molecule has 0 bridgehead atoms. The molecule has 12 N–H and O–H groups in total. The van der Waals surface area contributed by atoms with E-state index >= 15 is 4.79 Å². The number of rotatable bonds is 12. The van der Waals surface area contributed by atoms with Gasteiger partial charge in [-0.1, -0.05) is 53.2 Å². The normalized spacial score (nSPS) is 51.9. The number of esters is 2. The zero-order valence-electron chi connectivity index (χ0n) is 41.9. The summed E-state index contributed by atoms with van der Waals surface area (Å²) in [4.78, 5) is 28.0. The minimum absolute atomic E-state index is 0.0901. The summed E-state index contributed by atoms with van der Waals surface area (Å²) in [7, 11) is 0. The molecule has 0 radical (unpaired) electrons. The van der Waals surface area contributed by atoms with Crippen LogP contribution in [0.4, 0.5) is 0 Å². The third-order valence-corrected chi connectivity index (χ3v) is 19.4. The second kappa shape index (κ2) is 19.9. The number of aliphatic hydroxyl groups excluding tert-OH is 12. The van der Waals surface area contributed by atoms with Crippen LogP contribution in [0.15, 0.2) is 11.6 Å². The molecule has 3 heterocycles. The van der Waals surface area contributed by atoms with Crippen molar-refractivity contribution in [2.24, 2.45) is 50.2 Å². The molecule has 3 aliphatic heterocycles. The Hall–Kier alpha value is -2.00. The van der Waals surface area contributed by atoms with E-state index in [2.05, 4.69) is 40.7 Å². The largest absolute Gasteiger partial charge is 0.457 e. The van der Waals surface area contributed by atoms with Crippen molar-refractivity contribution < 1.29 is 104 Å². The molecule has 8 aliphatic rings. The van der Waals surface area contributed by atoms with Crippen LogP contribution in [0.2, 0.25) is 0 Å². The third kappa shape index (κ3) is 8.94. The van der Waals surface area contributed by atoms with Crippen molar-refractivity contribution >= 4 is 11.9 Å². The van der Waals surface area contributed by atoms with Crippen molar-refractivity contribution in [3.8, 4) is 0 Å². The Morgan fingerprint density at radius 2 is 1.37 bits per heavy atom. The Morgan fingerprint density at radius 1 is 0.732 bits per heavy atom. The van der Waals surface area contributed by atoms with E-state index in [9.17, 15) is 66.1 Å². The Kier molecular flexibility index (Phi) is 15.4. The number of hydrogen-bond acceptors (Lipinski definition) is 21. The lowest BCUT2D eigenvalue weighted by molar-refractivity contribution is -0.370. The van der Waals surface area contributed by atoms with Crippen LogP contribution >= 0.6 is 0 Å². The van der Waals surface area contributed by atoms with Gasteiger partial charge in [-0.3, -0.25) is 9.59 Å². The lowest BCUT2D eigenvalue weighted by Gasteiger charge is -2.72. The molecule has 21 nitrogen and oxygen atoms in total. The van der Waals surface area contributed by atoms with Crippen LogP contribution in [0.5, 0.6) is 0 Å². The summed E-state index contributed by atoms with van der Waals surface area (Å²) in [5, 5.41) is 131. The SMILES string of the molecule is CC(O)CC(=O)OC1COC(O[C@H]2[C@H](O[C@@H]3C[C@]4(C)C(=CC[C@@H]5[C@@]6(C)C[C@H](O)[C@H](O)[C@@](C)(CO)[C@@H]6CC[C@]54C)[C@@H]4CC(C)(C)CC[C@]34C(=O)O[C@@H]3O[C@H](CO)[C@@H](O)[C@@H]3O)O[C@H](CO)[C@@H](O)[C@@H]2O)C(O)C1O. The van der Waals surface area contributed by atoms with E-state index in [1.165, 1.54) is 6.92 Å². The van der Waals surface area contributed by atoms with Gasteiger partial charge in [-0.05, 0) is 97.7 Å². The van der Waals surface area contributed by atoms with Gasteiger partial charge in [0.2, 0.25) is 6.29 Å². The summed E-state index contributed by atoms with van der Waals surface area (Å²) >= 11 is 0. The number of carbonyl (C=O) groups excluding carboxylic acids is 2. The fourth-order valence-corrected chi connectivity index (χ4v) is 15.2. The molecule has 21 heteroatoms. The molecular weight excluding hydrogens is 937 g/mol. The summed E-state index contributed by atoms with van der Waals surface area (Å²) in [5.41, 5.74) is -4.02. The van der Waals surface area contributed by atoms with Crippen LogP contribution < -0.4 is 0 Å². The highest BCUT2D eigenvalue weighted by atomic mass is 16.8. The Balaban J connectivity index is 1.21. The average Bonchev–Trinajstić information content (AvgIpc) is 3.57. The first-order valence-electron chi connectivity index (χ1n) is 25.5. The van der Waals surface area contributed by atoms with Crippen LogP contribution in [0, 0.1) is 50.2 Å². The van der Waals surface area contributed by atoms with Gasteiger partial charge in [-0.2, -0.15) is 0 Å². The first-order chi connectivity index (χ1) is 33.2. The van der Waals surface area contributed by atoms with E-state index in [1.54, 1.807) is 0 Å². The number of carbonyl (C=O) groups is 2. The first-order valence-corrected chi connectivity index (χ1v) is 25.5. The summed E-state index contributed by atoms with van der Waals surface area (Å²) in [6, 6.07) is 0. The third-order valence-electron chi connectivity index (χ3n) is 19.4. The minimum Gasteiger partial charge on any atom is -0.457 e. The minimum atomic E-state index is -1.92. The van der Waals surface area contributed by atoms with Crippen molar-refractivity contribution in [3.63, 3.8) is 0 Å². The van der Waals surface area contributed by atoms with Crippen molar-refractivity contribution in [2.75, 3.05) is 26.4 Å². The fourth-order valence-electron chi connectivity index (χ4n) is 15.2. The van der Waals surface area contributed by atoms with E-state index in [-0.39, 0.29) is 43.1 Å². The smallest absolute Gasteiger partial charge is 0.317 e. The Bertz CT molecular complexity index is 1970. The van der Waals surface area contributed by atoms with E-state index in [1.807, 2.05) is 6.92 Å². The quantitative estimate of drug-likeness (QED) is 0.0795. The second-order valence-electron chi connectivity index (χ2n) is 24.1. The van der Waals surface area contributed by atoms with E-state index in [4.69, 9.17) is 33.2 Å². The first kappa shape index (κ1) is 55.2. The monoisotopic (exact) mass is 1020 g/mol. The second-order valence-corrected chi connectivity index (χ2v) is 24.1. The van der Waals surface area contributed by atoms with Gasteiger partial charge in [-0.25, -0.2) is 0 Å². The molecule has 406 valence electrons. The van der Waals surface area contributed by atoms with E-state index in [0.29, 0.717) is 32.1 Å². The molecule has 71 heavy (non-hydrogen) atoms. The van der Waals surface area contributed by atoms with Gasteiger partial charge in [0, 0.05) is 5.41 Å². The van der Waals surface area contributed by atoms with Crippen molar-refractivity contribution in [2.45, 2.75) is 211 Å². The van der Waals surface area contributed by atoms with Crippen LogP contribution in [-0.4, -0.2) is 204 Å². The molecule has 0 aromatic rings. The average molecular weight is 1020 g/mol. The Morgan fingerprint density at radius 3 is 2.00 bits per heavy atom. The van der Waals surface area contributed by atoms with Crippen LogP contribution in [0.3, 0.4) is 0 Å². The Labute approximate surface area is 414 Å². The molecule has 3 saturated heterocycles. The number of allylic oxidation sites excluding steroid dienone is 2. The van der Waals surface area contributed by atoms with Gasteiger partial charge in [0.15, 0.2) is 18.7 Å². The number of fused-ring (bicyclic) bond motifs is 7. The molecule has 4 saturated carbocycles. The zero-order chi connectivity index (χ0) is 52.1. The van der Waals surface area contributed by atoms with Gasteiger partial charge in [0.1, 0.15) is 60.4 Å². The summed E-state index contributed by atoms with van der Waals surface area (Å²) in [6.07, 6.45) is -21.3. The van der Waals surface area contributed by atoms with Gasteiger partial charge < -0.3 is 94.4 Å². The highest BCUT2D eigenvalue weighted by Crippen LogP contribution is 2.76. The van der Waals surface area contributed by atoms with Crippen molar-refractivity contribution in [1.82, 2.24) is 0 Å². The van der Waals surface area contributed by atoms with Gasteiger partial charge >= 0.3 is 11.9 Å². The highest BCUT2D eigenvalue weighted by molar-refractivity contribution is 5.80. The van der Waals surface area contributed by atoms with Gasteiger partial charge in [0.25, 0.3) is 0 Å².